The fraction of sp³-hybridized carbons (Fsp3) is 0.316. The van der Waals surface area contributed by atoms with Gasteiger partial charge in [0.1, 0.15) is 11.7 Å². The van der Waals surface area contributed by atoms with Gasteiger partial charge in [-0.15, -0.1) is 0 Å². The molecule has 144 valence electrons. The van der Waals surface area contributed by atoms with E-state index in [-0.39, 0.29) is 11.4 Å². The molecular formula is C19H23N3O5. The molecule has 2 N–H and O–H groups in total. The van der Waals surface area contributed by atoms with Crippen LogP contribution in [0.1, 0.15) is 20.8 Å². The lowest BCUT2D eigenvalue weighted by Crippen LogP contribution is -2.32. The summed E-state index contributed by atoms with van der Waals surface area (Å²) in [5.74, 6) is 0.814. The highest BCUT2D eigenvalue weighted by Gasteiger charge is 2.19. The lowest BCUT2D eigenvalue weighted by Gasteiger charge is -2.17. The van der Waals surface area contributed by atoms with Crippen molar-refractivity contribution < 1.29 is 19.2 Å². The number of nitro benzene ring substituents is 1. The number of hydrogen-bond donors (Lipinski definition) is 2. The molecular weight excluding hydrogens is 350 g/mol. The van der Waals surface area contributed by atoms with E-state index in [1.807, 2.05) is 13.8 Å². The molecule has 0 fully saturated rings. The molecule has 0 bridgehead atoms. The highest BCUT2D eigenvalue weighted by Crippen LogP contribution is 2.31. The number of carbonyl (C=O) groups excluding carboxylic acids is 1. The second-order valence-electron chi connectivity index (χ2n) is 5.66. The molecule has 0 aliphatic carbocycles. The van der Waals surface area contributed by atoms with Crippen LogP contribution in [-0.4, -0.2) is 30.1 Å². The monoisotopic (exact) mass is 373 g/mol. The number of hydrogen-bond acceptors (Lipinski definition) is 6. The molecule has 0 saturated heterocycles. The average Bonchev–Trinajstić information content (AvgIpc) is 2.64. The Hall–Kier alpha value is -3.29. The molecule has 2 aromatic rings. The van der Waals surface area contributed by atoms with E-state index in [1.54, 1.807) is 37.3 Å². The number of benzene rings is 2. The van der Waals surface area contributed by atoms with Crippen molar-refractivity contribution in [3.8, 4) is 11.5 Å². The second-order valence-corrected chi connectivity index (χ2v) is 5.66. The molecule has 1 atom stereocenters. The summed E-state index contributed by atoms with van der Waals surface area (Å²) < 4.78 is 11.1. The molecule has 2 rings (SSSR count). The number of nitrogens with zero attached hydrogens (tertiary/aromatic N) is 1. The predicted molar refractivity (Wildman–Crippen MR) is 104 cm³/mol. The Morgan fingerprint density at radius 1 is 1.11 bits per heavy atom. The smallest absolute Gasteiger partial charge is 0.292 e. The van der Waals surface area contributed by atoms with Crippen LogP contribution in [0.15, 0.2) is 42.5 Å². The third-order valence-corrected chi connectivity index (χ3v) is 3.68. The Labute approximate surface area is 157 Å². The lowest BCUT2D eigenvalue weighted by molar-refractivity contribution is -0.383. The van der Waals surface area contributed by atoms with Crippen molar-refractivity contribution in [1.82, 2.24) is 0 Å². The number of ether oxygens (including phenoxy) is 2. The number of amides is 1. The van der Waals surface area contributed by atoms with E-state index in [1.165, 1.54) is 12.1 Å². The fourth-order valence-electron chi connectivity index (χ4n) is 2.44. The molecule has 0 spiro atoms. The summed E-state index contributed by atoms with van der Waals surface area (Å²) in [6.07, 6.45) is 0. The quantitative estimate of drug-likeness (QED) is 0.511. The Balaban J connectivity index is 2.10. The maximum Gasteiger partial charge on any atom is 0.292 e. The van der Waals surface area contributed by atoms with Crippen molar-refractivity contribution in [1.29, 1.82) is 0 Å². The molecule has 0 aliphatic rings. The van der Waals surface area contributed by atoms with Crippen LogP contribution in [0.5, 0.6) is 11.5 Å². The van der Waals surface area contributed by atoms with Crippen molar-refractivity contribution in [2.45, 2.75) is 26.8 Å². The first kappa shape index (κ1) is 20.0. The van der Waals surface area contributed by atoms with Gasteiger partial charge >= 0.3 is 0 Å². The molecule has 0 aliphatic heterocycles. The van der Waals surface area contributed by atoms with Crippen LogP contribution < -0.4 is 20.1 Å². The van der Waals surface area contributed by atoms with E-state index >= 15 is 0 Å². The van der Waals surface area contributed by atoms with Gasteiger partial charge in [0.15, 0.2) is 11.5 Å². The zero-order valence-corrected chi connectivity index (χ0v) is 15.5. The van der Waals surface area contributed by atoms with E-state index in [0.29, 0.717) is 30.4 Å². The van der Waals surface area contributed by atoms with E-state index in [2.05, 4.69) is 10.6 Å². The number of carbonyl (C=O) groups is 1. The lowest BCUT2D eigenvalue weighted by atomic mass is 10.2. The number of anilines is 2. The highest BCUT2D eigenvalue weighted by molar-refractivity contribution is 5.98. The van der Waals surface area contributed by atoms with Gasteiger partial charge in [0.2, 0.25) is 5.91 Å². The van der Waals surface area contributed by atoms with Crippen LogP contribution >= 0.6 is 0 Å². The van der Waals surface area contributed by atoms with Gasteiger partial charge in [-0.25, -0.2) is 0 Å². The first-order valence-electron chi connectivity index (χ1n) is 8.66. The predicted octanol–water partition coefficient (Wildman–Crippen LogP) is 3.83. The molecule has 27 heavy (non-hydrogen) atoms. The van der Waals surface area contributed by atoms with Crippen molar-refractivity contribution in [2.75, 3.05) is 23.8 Å². The zero-order chi connectivity index (χ0) is 19.8. The third-order valence-electron chi connectivity index (χ3n) is 3.68. The first-order valence-corrected chi connectivity index (χ1v) is 8.66. The van der Waals surface area contributed by atoms with E-state index in [0.717, 1.165) is 0 Å². The van der Waals surface area contributed by atoms with Gasteiger partial charge in [-0.1, -0.05) is 12.1 Å². The third kappa shape index (κ3) is 5.34. The highest BCUT2D eigenvalue weighted by atomic mass is 16.6. The summed E-state index contributed by atoms with van der Waals surface area (Å²) in [6.45, 7) is 6.43. The van der Waals surface area contributed by atoms with Crippen LogP contribution in [0, 0.1) is 10.1 Å². The minimum Gasteiger partial charge on any atom is -0.490 e. The van der Waals surface area contributed by atoms with Gasteiger partial charge in [-0.3, -0.25) is 14.9 Å². The molecule has 0 saturated carbocycles. The van der Waals surface area contributed by atoms with E-state index in [4.69, 9.17) is 9.47 Å². The number of para-hydroxylation sites is 2. The van der Waals surface area contributed by atoms with Crippen LogP contribution in [0.3, 0.4) is 0 Å². The average molecular weight is 373 g/mol. The maximum absolute atomic E-state index is 12.4. The van der Waals surface area contributed by atoms with Gasteiger partial charge in [0, 0.05) is 17.8 Å². The van der Waals surface area contributed by atoms with E-state index in [9.17, 15) is 14.9 Å². The van der Waals surface area contributed by atoms with Gasteiger partial charge in [-0.05, 0) is 39.0 Å². The van der Waals surface area contributed by atoms with Gasteiger partial charge in [0.05, 0.1) is 18.1 Å². The van der Waals surface area contributed by atoms with Crippen LogP contribution in [0.4, 0.5) is 17.1 Å². The van der Waals surface area contributed by atoms with Crippen molar-refractivity contribution in [3.63, 3.8) is 0 Å². The minimum atomic E-state index is -0.628. The topological polar surface area (TPSA) is 103 Å². The summed E-state index contributed by atoms with van der Waals surface area (Å²) in [5, 5.41) is 16.7. The molecule has 8 nitrogen and oxygen atoms in total. The van der Waals surface area contributed by atoms with Gasteiger partial charge < -0.3 is 20.1 Å². The molecule has 0 radical (unpaired) electrons. The summed E-state index contributed by atoms with van der Waals surface area (Å²) in [6, 6.07) is 10.7. The summed E-state index contributed by atoms with van der Waals surface area (Å²) >= 11 is 0. The van der Waals surface area contributed by atoms with Gasteiger partial charge in [-0.2, -0.15) is 0 Å². The Kier molecular flexibility index (Phi) is 6.99. The molecule has 2 aromatic carbocycles. The van der Waals surface area contributed by atoms with Crippen LogP contribution in [0.25, 0.3) is 0 Å². The maximum atomic E-state index is 12.4. The Bertz CT molecular complexity index is 810. The molecule has 0 unspecified atom stereocenters. The normalized spacial score (nSPS) is 11.4. The van der Waals surface area contributed by atoms with Crippen LogP contribution in [0.2, 0.25) is 0 Å². The van der Waals surface area contributed by atoms with Crippen LogP contribution in [-0.2, 0) is 4.79 Å². The van der Waals surface area contributed by atoms with E-state index < -0.39 is 16.9 Å². The largest absolute Gasteiger partial charge is 0.490 e. The van der Waals surface area contributed by atoms with Crippen molar-refractivity contribution >= 4 is 23.0 Å². The number of nitro groups is 1. The summed E-state index contributed by atoms with van der Waals surface area (Å²) in [4.78, 5) is 22.9. The summed E-state index contributed by atoms with van der Waals surface area (Å²) in [7, 11) is 0. The SMILES string of the molecule is CCOc1ccc(N[C@H](C)C(=O)Nc2ccccc2[N+](=O)[O-])cc1OCC. The molecule has 0 heterocycles. The molecule has 8 heteroatoms. The van der Waals surface area contributed by atoms with Crippen molar-refractivity contribution in [2.24, 2.45) is 0 Å². The zero-order valence-electron chi connectivity index (χ0n) is 15.5. The first-order chi connectivity index (χ1) is 13.0. The minimum absolute atomic E-state index is 0.155. The molecule has 1 amide bonds. The van der Waals surface area contributed by atoms with Crippen molar-refractivity contribution in [3.05, 3.63) is 52.6 Å². The summed E-state index contributed by atoms with van der Waals surface area (Å²) in [5.41, 5.74) is 0.674. The number of rotatable bonds is 9. The molecule has 0 aromatic heterocycles. The Morgan fingerprint density at radius 2 is 1.78 bits per heavy atom. The fourth-order valence-corrected chi connectivity index (χ4v) is 2.44. The Morgan fingerprint density at radius 3 is 2.44 bits per heavy atom. The van der Waals surface area contributed by atoms with Gasteiger partial charge in [0.25, 0.3) is 5.69 Å². The second kappa shape index (κ2) is 9.42. The number of nitrogens with one attached hydrogen (secondary N) is 2. The standard InChI is InChI=1S/C19H23N3O5/c1-4-26-17-11-10-14(12-18(17)27-5-2)20-13(3)19(23)21-15-8-6-7-9-16(15)22(24)25/h6-13,20H,4-5H2,1-3H3,(H,21,23)/t13-/m1/s1.